The van der Waals surface area contributed by atoms with Crippen LogP contribution in [0.15, 0.2) is 42.6 Å². The third kappa shape index (κ3) is 4.90. The minimum absolute atomic E-state index is 0.0373. The highest BCUT2D eigenvalue weighted by molar-refractivity contribution is 5.93. The van der Waals surface area contributed by atoms with E-state index in [1.807, 2.05) is 19.1 Å². The SMILES string of the molecule is Cc1cccnc1NC(=O)C1CCCN(C(=O)CCc2ccccc2F)C1. The van der Waals surface area contributed by atoms with E-state index < -0.39 is 0 Å². The Morgan fingerprint density at radius 2 is 2.07 bits per heavy atom. The van der Waals surface area contributed by atoms with Crippen LogP contribution in [0.5, 0.6) is 0 Å². The smallest absolute Gasteiger partial charge is 0.230 e. The van der Waals surface area contributed by atoms with Crippen LogP contribution in [0.3, 0.4) is 0 Å². The number of carbonyl (C=O) groups is 2. The van der Waals surface area contributed by atoms with E-state index in [-0.39, 0.29) is 30.0 Å². The fraction of sp³-hybridized carbons (Fsp3) is 0.381. The zero-order valence-corrected chi connectivity index (χ0v) is 15.5. The Kier molecular flexibility index (Phi) is 6.16. The van der Waals surface area contributed by atoms with E-state index >= 15 is 0 Å². The second kappa shape index (κ2) is 8.75. The van der Waals surface area contributed by atoms with Crippen molar-refractivity contribution in [1.29, 1.82) is 0 Å². The fourth-order valence-electron chi connectivity index (χ4n) is 3.35. The van der Waals surface area contributed by atoms with Gasteiger partial charge in [0, 0.05) is 25.7 Å². The lowest BCUT2D eigenvalue weighted by atomic mass is 9.96. The van der Waals surface area contributed by atoms with Crippen LogP contribution >= 0.6 is 0 Å². The monoisotopic (exact) mass is 369 g/mol. The number of nitrogens with zero attached hydrogens (tertiary/aromatic N) is 2. The summed E-state index contributed by atoms with van der Waals surface area (Å²) in [7, 11) is 0. The van der Waals surface area contributed by atoms with Crippen molar-refractivity contribution in [1.82, 2.24) is 9.88 Å². The van der Waals surface area contributed by atoms with Gasteiger partial charge in [-0.25, -0.2) is 9.37 Å². The molecule has 1 unspecified atom stereocenters. The van der Waals surface area contributed by atoms with Gasteiger partial charge < -0.3 is 10.2 Å². The van der Waals surface area contributed by atoms with Gasteiger partial charge in [0.25, 0.3) is 0 Å². The summed E-state index contributed by atoms with van der Waals surface area (Å²) >= 11 is 0. The Labute approximate surface area is 158 Å². The number of rotatable bonds is 5. The van der Waals surface area contributed by atoms with Crippen molar-refractivity contribution in [2.45, 2.75) is 32.6 Å². The molecule has 0 bridgehead atoms. The maximum atomic E-state index is 13.7. The van der Waals surface area contributed by atoms with Crippen LogP contribution in [0.2, 0.25) is 0 Å². The first-order valence-corrected chi connectivity index (χ1v) is 9.28. The lowest BCUT2D eigenvalue weighted by Crippen LogP contribution is -2.44. The number of piperidine rings is 1. The number of aryl methyl sites for hydroxylation is 2. The minimum Gasteiger partial charge on any atom is -0.342 e. The fourth-order valence-corrected chi connectivity index (χ4v) is 3.35. The standard InChI is InChI=1S/C21H24FN3O2/c1-15-6-4-12-23-20(15)24-21(27)17-8-5-13-25(14-17)19(26)11-10-16-7-2-3-9-18(16)22/h2-4,6-7,9,12,17H,5,8,10-11,13-14H2,1H3,(H,23,24,27). The zero-order chi connectivity index (χ0) is 19.2. The van der Waals surface area contributed by atoms with Crippen LogP contribution < -0.4 is 5.32 Å². The van der Waals surface area contributed by atoms with Crippen LogP contribution in [0.1, 0.15) is 30.4 Å². The molecule has 1 fully saturated rings. The number of amides is 2. The summed E-state index contributed by atoms with van der Waals surface area (Å²) in [5, 5.41) is 2.87. The van der Waals surface area contributed by atoms with Gasteiger partial charge in [0.15, 0.2) is 0 Å². The van der Waals surface area contributed by atoms with Gasteiger partial charge in [0.05, 0.1) is 5.92 Å². The number of hydrogen-bond acceptors (Lipinski definition) is 3. The van der Waals surface area contributed by atoms with E-state index in [4.69, 9.17) is 0 Å². The summed E-state index contributed by atoms with van der Waals surface area (Å²) in [5.41, 5.74) is 1.45. The molecular formula is C21H24FN3O2. The van der Waals surface area contributed by atoms with Gasteiger partial charge in [0.1, 0.15) is 11.6 Å². The van der Waals surface area contributed by atoms with Crippen molar-refractivity contribution >= 4 is 17.6 Å². The first kappa shape index (κ1) is 19.0. The molecule has 2 amide bonds. The molecule has 1 atom stereocenters. The predicted octanol–water partition coefficient (Wildman–Crippen LogP) is 3.34. The van der Waals surface area contributed by atoms with Crippen LogP contribution in [-0.4, -0.2) is 34.8 Å². The Hall–Kier alpha value is -2.76. The van der Waals surface area contributed by atoms with Gasteiger partial charge in [-0.1, -0.05) is 24.3 Å². The number of benzene rings is 1. The van der Waals surface area contributed by atoms with Gasteiger partial charge in [-0.05, 0) is 49.4 Å². The van der Waals surface area contributed by atoms with Gasteiger partial charge in [-0.2, -0.15) is 0 Å². The highest BCUT2D eigenvalue weighted by atomic mass is 19.1. The van der Waals surface area contributed by atoms with Gasteiger partial charge in [-0.3, -0.25) is 9.59 Å². The number of halogens is 1. The molecule has 0 aliphatic carbocycles. The molecule has 1 aromatic carbocycles. The first-order valence-electron chi connectivity index (χ1n) is 9.28. The quantitative estimate of drug-likeness (QED) is 0.879. The summed E-state index contributed by atoms with van der Waals surface area (Å²) in [6.07, 6.45) is 3.78. The Morgan fingerprint density at radius 3 is 2.85 bits per heavy atom. The third-order valence-corrected chi connectivity index (χ3v) is 4.96. The van der Waals surface area contributed by atoms with E-state index in [9.17, 15) is 14.0 Å². The summed E-state index contributed by atoms with van der Waals surface area (Å²) in [4.78, 5) is 31.0. The molecule has 27 heavy (non-hydrogen) atoms. The number of likely N-dealkylation sites (tertiary alicyclic amines) is 1. The van der Waals surface area contributed by atoms with Crippen molar-refractivity contribution in [3.8, 4) is 0 Å². The summed E-state index contributed by atoms with van der Waals surface area (Å²) in [6.45, 7) is 2.93. The number of anilines is 1. The number of nitrogens with one attached hydrogen (secondary N) is 1. The van der Waals surface area contributed by atoms with Crippen molar-refractivity contribution in [2.24, 2.45) is 5.92 Å². The van der Waals surface area contributed by atoms with E-state index in [0.717, 1.165) is 18.4 Å². The first-order chi connectivity index (χ1) is 13.0. The average molecular weight is 369 g/mol. The van der Waals surface area contributed by atoms with E-state index in [1.54, 1.807) is 29.3 Å². The number of carbonyl (C=O) groups excluding carboxylic acids is 2. The van der Waals surface area contributed by atoms with Crippen molar-refractivity contribution in [2.75, 3.05) is 18.4 Å². The third-order valence-electron chi connectivity index (χ3n) is 4.96. The molecule has 1 saturated heterocycles. The lowest BCUT2D eigenvalue weighted by Gasteiger charge is -2.32. The molecule has 0 radical (unpaired) electrons. The van der Waals surface area contributed by atoms with E-state index in [1.165, 1.54) is 6.07 Å². The highest BCUT2D eigenvalue weighted by Gasteiger charge is 2.28. The molecular weight excluding hydrogens is 345 g/mol. The van der Waals surface area contributed by atoms with Crippen LogP contribution in [-0.2, 0) is 16.0 Å². The second-order valence-corrected chi connectivity index (χ2v) is 6.93. The highest BCUT2D eigenvalue weighted by Crippen LogP contribution is 2.20. The second-order valence-electron chi connectivity index (χ2n) is 6.93. The number of aromatic nitrogens is 1. The van der Waals surface area contributed by atoms with Crippen LogP contribution in [0.25, 0.3) is 0 Å². The molecule has 142 valence electrons. The normalized spacial score (nSPS) is 16.8. The molecule has 1 aromatic heterocycles. The van der Waals surface area contributed by atoms with Crippen LogP contribution in [0, 0.1) is 18.7 Å². The van der Waals surface area contributed by atoms with E-state index in [2.05, 4.69) is 10.3 Å². The molecule has 0 saturated carbocycles. The Balaban J connectivity index is 1.55. The number of pyridine rings is 1. The largest absolute Gasteiger partial charge is 0.342 e. The molecule has 1 aliphatic heterocycles. The molecule has 2 aromatic rings. The minimum atomic E-state index is -0.285. The number of hydrogen-bond donors (Lipinski definition) is 1. The van der Waals surface area contributed by atoms with Crippen LogP contribution in [0.4, 0.5) is 10.2 Å². The van der Waals surface area contributed by atoms with Crippen molar-refractivity contribution < 1.29 is 14.0 Å². The van der Waals surface area contributed by atoms with E-state index in [0.29, 0.717) is 30.9 Å². The summed E-state index contributed by atoms with van der Waals surface area (Å²) in [6, 6.07) is 10.2. The Bertz CT molecular complexity index is 825. The molecule has 1 N–H and O–H groups in total. The lowest BCUT2D eigenvalue weighted by molar-refractivity contribution is -0.134. The van der Waals surface area contributed by atoms with Crippen molar-refractivity contribution in [3.63, 3.8) is 0 Å². The van der Waals surface area contributed by atoms with Gasteiger partial charge >= 0.3 is 0 Å². The maximum Gasteiger partial charge on any atom is 0.230 e. The molecule has 0 spiro atoms. The molecule has 6 heteroatoms. The van der Waals surface area contributed by atoms with Crippen molar-refractivity contribution in [3.05, 3.63) is 59.5 Å². The molecule has 2 heterocycles. The van der Waals surface area contributed by atoms with Gasteiger partial charge in [-0.15, -0.1) is 0 Å². The Morgan fingerprint density at radius 1 is 1.26 bits per heavy atom. The summed E-state index contributed by atoms with van der Waals surface area (Å²) in [5.74, 6) is -0.122. The zero-order valence-electron chi connectivity index (χ0n) is 15.5. The molecule has 1 aliphatic rings. The predicted molar refractivity (Wildman–Crippen MR) is 102 cm³/mol. The molecule has 3 rings (SSSR count). The topological polar surface area (TPSA) is 62.3 Å². The average Bonchev–Trinajstić information content (AvgIpc) is 2.69. The van der Waals surface area contributed by atoms with Gasteiger partial charge in [0.2, 0.25) is 11.8 Å². The summed E-state index contributed by atoms with van der Waals surface area (Å²) < 4.78 is 13.7. The molecule has 5 nitrogen and oxygen atoms in total. The maximum absolute atomic E-state index is 13.7.